The van der Waals surface area contributed by atoms with Crippen molar-refractivity contribution in [3.8, 4) is 0 Å². The number of likely N-dealkylation sites (N-methyl/N-ethyl adjacent to an activating group) is 1. The lowest BCUT2D eigenvalue weighted by Gasteiger charge is -2.14. The third kappa shape index (κ3) is 3.19. The monoisotopic (exact) mass is 219 g/mol. The predicted octanol–water partition coefficient (Wildman–Crippen LogP) is 2.05. The zero-order valence-corrected chi connectivity index (χ0v) is 9.93. The average Bonchev–Trinajstić information content (AvgIpc) is 2.27. The summed E-state index contributed by atoms with van der Waals surface area (Å²) in [5, 5.41) is 0. The van der Waals surface area contributed by atoms with Gasteiger partial charge in [-0.3, -0.25) is 9.59 Å². The summed E-state index contributed by atoms with van der Waals surface area (Å²) < 4.78 is 0. The first-order valence-electron chi connectivity index (χ1n) is 5.36. The third-order valence-electron chi connectivity index (χ3n) is 2.40. The van der Waals surface area contributed by atoms with E-state index < -0.39 is 5.91 Å². The second-order valence-corrected chi connectivity index (χ2v) is 4.28. The Labute approximate surface area is 96.1 Å². The van der Waals surface area contributed by atoms with Crippen molar-refractivity contribution in [1.29, 1.82) is 0 Å². The van der Waals surface area contributed by atoms with Crippen LogP contribution in [-0.4, -0.2) is 19.2 Å². The van der Waals surface area contributed by atoms with Crippen LogP contribution in [-0.2, 0) is 16.0 Å². The number of rotatable bonds is 4. The van der Waals surface area contributed by atoms with Crippen LogP contribution in [0, 0.1) is 5.92 Å². The number of hydrogen-bond acceptors (Lipinski definition) is 2. The van der Waals surface area contributed by atoms with Crippen molar-refractivity contribution in [3.63, 3.8) is 0 Å². The number of hydrogen-bond donors (Lipinski definition) is 0. The van der Waals surface area contributed by atoms with E-state index in [4.69, 9.17) is 0 Å². The van der Waals surface area contributed by atoms with E-state index in [9.17, 15) is 9.59 Å². The molecule has 0 radical (unpaired) electrons. The Hall–Kier alpha value is -1.64. The van der Waals surface area contributed by atoms with Gasteiger partial charge in [0, 0.05) is 12.7 Å². The Bertz CT molecular complexity index is 368. The number of carbonyl (C=O) groups is 2. The maximum Gasteiger partial charge on any atom is 0.290 e. The predicted molar refractivity (Wildman–Crippen MR) is 64.5 cm³/mol. The molecule has 3 nitrogen and oxygen atoms in total. The van der Waals surface area contributed by atoms with Crippen LogP contribution in [0.15, 0.2) is 24.3 Å². The molecule has 0 spiro atoms. The quantitative estimate of drug-likeness (QED) is 0.574. The van der Waals surface area contributed by atoms with E-state index in [0.717, 1.165) is 12.1 Å². The molecule has 0 aromatic heterocycles. The van der Waals surface area contributed by atoms with Crippen molar-refractivity contribution < 1.29 is 9.59 Å². The van der Waals surface area contributed by atoms with E-state index in [2.05, 4.69) is 13.8 Å². The smallest absolute Gasteiger partial charge is 0.290 e. The second-order valence-electron chi connectivity index (χ2n) is 4.28. The van der Waals surface area contributed by atoms with Crippen LogP contribution in [0.3, 0.4) is 0 Å². The molecule has 0 saturated carbocycles. The van der Waals surface area contributed by atoms with Crippen molar-refractivity contribution in [2.45, 2.75) is 20.3 Å². The molecule has 0 aliphatic rings. The summed E-state index contributed by atoms with van der Waals surface area (Å²) in [7, 11) is 1.59. The summed E-state index contributed by atoms with van der Waals surface area (Å²) in [6, 6.07) is 7.70. The highest BCUT2D eigenvalue weighted by molar-refractivity contribution is 6.30. The lowest BCUT2D eigenvalue weighted by Crippen LogP contribution is -2.26. The lowest BCUT2D eigenvalue weighted by atomic mass is 10.0. The van der Waals surface area contributed by atoms with Gasteiger partial charge in [0.25, 0.3) is 5.91 Å². The van der Waals surface area contributed by atoms with Crippen LogP contribution in [0.4, 0.5) is 5.69 Å². The van der Waals surface area contributed by atoms with Gasteiger partial charge < -0.3 is 4.90 Å². The first-order chi connectivity index (χ1) is 7.54. The molecule has 0 unspecified atom stereocenters. The Kier molecular flexibility index (Phi) is 4.23. The molecule has 0 fully saturated rings. The number of aldehydes is 1. The Balaban J connectivity index is 2.78. The average molecular weight is 219 g/mol. The normalized spacial score (nSPS) is 10.2. The molecule has 16 heavy (non-hydrogen) atoms. The van der Waals surface area contributed by atoms with Crippen molar-refractivity contribution in [1.82, 2.24) is 0 Å². The van der Waals surface area contributed by atoms with Crippen molar-refractivity contribution in [3.05, 3.63) is 29.8 Å². The summed E-state index contributed by atoms with van der Waals surface area (Å²) in [6.07, 6.45) is 1.34. The summed E-state index contributed by atoms with van der Waals surface area (Å²) in [4.78, 5) is 22.8. The molecule has 0 aliphatic carbocycles. The molecule has 0 aliphatic heterocycles. The first kappa shape index (κ1) is 12.4. The molecule has 0 N–H and O–H groups in total. The third-order valence-corrected chi connectivity index (χ3v) is 2.40. The lowest BCUT2D eigenvalue weighted by molar-refractivity contribution is -0.129. The van der Waals surface area contributed by atoms with E-state index in [0.29, 0.717) is 12.2 Å². The molecular formula is C13H17NO2. The van der Waals surface area contributed by atoms with Gasteiger partial charge in [0.05, 0.1) is 0 Å². The fourth-order valence-corrected chi connectivity index (χ4v) is 1.53. The van der Waals surface area contributed by atoms with E-state index in [1.54, 1.807) is 7.05 Å². The molecule has 0 heterocycles. The molecule has 1 aromatic carbocycles. The molecule has 1 aromatic rings. The highest BCUT2D eigenvalue weighted by Gasteiger charge is 2.08. The number of nitrogens with zero attached hydrogens (tertiary/aromatic N) is 1. The van der Waals surface area contributed by atoms with Crippen molar-refractivity contribution in [2.75, 3.05) is 11.9 Å². The molecule has 1 rings (SSSR count). The summed E-state index contributed by atoms with van der Waals surface area (Å²) in [5.74, 6) is 0.0804. The molecule has 0 atom stereocenters. The Morgan fingerprint density at radius 3 is 2.31 bits per heavy atom. The minimum atomic E-state index is -0.531. The van der Waals surface area contributed by atoms with Gasteiger partial charge >= 0.3 is 0 Å². The minimum Gasteiger partial charge on any atom is -0.309 e. The fraction of sp³-hybridized carbons (Fsp3) is 0.385. The van der Waals surface area contributed by atoms with Crippen LogP contribution in [0.5, 0.6) is 0 Å². The maximum absolute atomic E-state index is 11.1. The van der Waals surface area contributed by atoms with Gasteiger partial charge in [0.2, 0.25) is 6.29 Å². The fourth-order valence-electron chi connectivity index (χ4n) is 1.53. The largest absolute Gasteiger partial charge is 0.309 e. The first-order valence-corrected chi connectivity index (χ1v) is 5.36. The summed E-state index contributed by atoms with van der Waals surface area (Å²) in [6.45, 7) is 4.33. The van der Waals surface area contributed by atoms with Gasteiger partial charge in [-0.05, 0) is 30.0 Å². The number of carbonyl (C=O) groups excluding carboxylic acids is 2. The highest BCUT2D eigenvalue weighted by Crippen LogP contribution is 2.15. The number of benzene rings is 1. The zero-order valence-electron chi connectivity index (χ0n) is 9.93. The number of anilines is 1. The minimum absolute atomic E-state index is 0.321. The number of amides is 1. The standard InChI is InChI=1S/C13H17NO2/c1-10(2)8-11-4-6-12(7-5-11)14(3)13(16)9-15/h4-7,9-10H,8H2,1-3H3. The highest BCUT2D eigenvalue weighted by atomic mass is 16.2. The molecular weight excluding hydrogens is 202 g/mol. The zero-order chi connectivity index (χ0) is 12.1. The van der Waals surface area contributed by atoms with Gasteiger partial charge in [0.15, 0.2) is 0 Å². The molecule has 1 amide bonds. The van der Waals surface area contributed by atoms with Gasteiger partial charge in [-0.1, -0.05) is 26.0 Å². The van der Waals surface area contributed by atoms with Gasteiger partial charge in [-0.2, -0.15) is 0 Å². The van der Waals surface area contributed by atoms with Gasteiger partial charge in [0.1, 0.15) is 0 Å². The van der Waals surface area contributed by atoms with Gasteiger partial charge in [-0.15, -0.1) is 0 Å². The molecule has 3 heteroatoms. The topological polar surface area (TPSA) is 37.4 Å². The Morgan fingerprint density at radius 2 is 1.88 bits per heavy atom. The van der Waals surface area contributed by atoms with Crippen LogP contribution < -0.4 is 4.90 Å². The second kappa shape index (κ2) is 5.45. The van der Waals surface area contributed by atoms with Crippen LogP contribution in [0.2, 0.25) is 0 Å². The maximum atomic E-state index is 11.1. The van der Waals surface area contributed by atoms with Crippen LogP contribution in [0.1, 0.15) is 19.4 Å². The van der Waals surface area contributed by atoms with E-state index in [1.807, 2.05) is 24.3 Å². The SMILES string of the molecule is CC(C)Cc1ccc(N(C)C(=O)C=O)cc1. The van der Waals surface area contributed by atoms with Crippen LogP contribution >= 0.6 is 0 Å². The van der Waals surface area contributed by atoms with Crippen LogP contribution in [0.25, 0.3) is 0 Å². The van der Waals surface area contributed by atoms with Crippen molar-refractivity contribution >= 4 is 17.9 Å². The van der Waals surface area contributed by atoms with Crippen molar-refractivity contribution in [2.24, 2.45) is 5.92 Å². The molecule has 0 saturated heterocycles. The summed E-state index contributed by atoms with van der Waals surface area (Å²) >= 11 is 0. The van der Waals surface area contributed by atoms with Gasteiger partial charge in [-0.25, -0.2) is 0 Å². The Morgan fingerprint density at radius 1 is 1.31 bits per heavy atom. The summed E-state index contributed by atoms with van der Waals surface area (Å²) in [5.41, 5.74) is 1.98. The van der Waals surface area contributed by atoms with E-state index in [-0.39, 0.29) is 0 Å². The molecule has 0 bridgehead atoms. The van der Waals surface area contributed by atoms with E-state index in [1.165, 1.54) is 10.5 Å². The molecule has 86 valence electrons. The van der Waals surface area contributed by atoms with E-state index >= 15 is 0 Å².